The summed E-state index contributed by atoms with van der Waals surface area (Å²) in [5.74, 6) is -1.02. The van der Waals surface area contributed by atoms with E-state index in [-0.39, 0.29) is 6.61 Å². The number of carbonyl (C=O) groups is 2. The first-order valence-electron chi connectivity index (χ1n) is 8.28. The van der Waals surface area contributed by atoms with Crippen molar-refractivity contribution in [3.63, 3.8) is 0 Å². The van der Waals surface area contributed by atoms with E-state index in [4.69, 9.17) is 10.5 Å². The van der Waals surface area contributed by atoms with Crippen molar-refractivity contribution >= 4 is 34.0 Å². The minimum absolute atomic E-state index is 0.0709. The Balaban J connectivity index is 1.58. The number of carbonyl (C=O) groups excluding carboxylic acids is 2. The fourth-order valence-corrected chi connectivity index (χ4v) is 3.08. The molecule has 3 N–H and O–H groups in total. The zero-order chi connectivity index (χ0) is 19.4. The Bertz CT molecular complexity index is 980. The Morgan fingerprint density at radius 2 is 1.78 bits per heavy atom. The van der Waals surface area contributed by atoms with Crippen molar-refractivity contribution in [3.05, 3.63) is 75.8 Å². The highest BCUT2D eigenvalue weighted by molar-refractivity contribution is 7.13. The molecule has 0 aliphatic heterocycles. The predicted octanol–water partition coefficient (Wildman–Crippen LogP) is 3.96. The zero-order valence-corrected chi connectivity index (χ0v) is 15.8. The highest BCUT2D eigenvalue weighted by Crippen LogP contribution is 2.23. The average molecular weight is 381 g/mol. The van der Waals surface area contributed by atoms with Gasteiger partial charge in [-0.25, -0.2) is 9.78 Å². The average Bonchev–Trinajstić information content (AvgIpc) is 3.10. The van der Waals surface area contributed by atoms with Crippen LogP contribution in [0.5, 0.6) is 0 Å². The molecule has 138 valence electrons. The van der Waals surface area contributed by atoms with E-state index in [2.05, 4.69) is 36.3 Å². The van der Waals surface area contributed by atoms with E-state index in [1.54, 1.807) is 0 Å². The van der Waals surface area contributed by atoms with Crippen molar-refractivity contribution in [1.82, 2.24) is 4.98 Å². The van der Waals surface area contributed by atoms with Crippen molar-refractivity contribution in [1.29, 1.82) is 0 Å². The third kappa shape index (κ3) is 4.71. The molecule has 27 heavy (non-hydrogen) atoms. The van der Waals surface area contributed by atoms with Gasteiger partial charge >= 0.3 is 5.97 Å². The molecule has 1 heterocycles. The number of nitrogens with zero attached hydrogens (tertiary/aromatic N) is 1. The van der Waals surface area contributed by atoms with Gasteiger partial charge in [0.1, 0.15) is 6.61 Å². The molecule has 0 atom stereocenters. The van der Waals surface area contributed by atoms with Gasteiger partial charge in [-0.15, -0.1) is 11.3 Å². The molecule has 7 heteroatoms. The lowest BCUT2D eigenvalue weighted by molar-refractivity contribution is 0.0468. The molecule has 0 spiro atoms. The lowest BCUT2D eigenvalue weighted by Crippen LogP contribution is -2.11. The number of esters is 1. The van der Waals surface area contributed by atoms with E-state index in [0.29, 0.717) is 16.8 Å². The van der Waals surface area contributed by atoms with E-state index in [9.17, 15) is 9.59 Å². The van der Waals surface area contributed by atoms with Gasteiger partial charge in [0, 0.05) is 16.6 Å². The first-order chi connectivity index (χ1) is 12.9. The highest BCUT2D eigenvalue weighted by Gasteiger charge is 2.10. The summed E-state index contributed by atoms with van der Waals surface area (Å²) >= 11 is 1.44. The fourth-order valence-electron chi connectivity index (χ4n) is 2.37. The first kappa shape index (κ1) is 18.6. The smallest absolute Gasteiger partial charge is 0.338 e. The Labute approximate surface area is 161 Å². The summed E-state index contributed by atoms with van der Waals surface area (Å²) in [5.41, 5.74) is 9.93. The summed E-state index contributed by atoms with van der Waals surface area (Å²) in [5, 5.41) is 5.82. The summed E-state index contributed by atoms with van der Waals surface area (Å²) in [4.78, 5) is 27.6. The maximum Gasteiger partial charge on any atom is 0.338 e. The van der Waals surface area contributed by atoms with E-state index in [1.807, 2.05) is 11.4 Å². The van der Waals surface area contributed by atoms with Crippen LogP contribution in [-0.4, -0.2) is 16.9 Å². The van der Waals surface area contributed by atoms with Crippen LogP contribution in [0.3, 0.4) is 0 Å². The van der Waals surface area contributed by atoms with Crippen LogP contribution < -0.4 is 11.1 Å². The quantitative estimate of drug-likeness (QED) is 0.630. The number of benzene rings is 2. The normalized spacial score (nSPS) is 10.4. The minimum Gasteiger partial charge on any atom is -0.456 e. The van der Waals surface area contributed by atoms with Crippen LogP contribution in [-0.2, 0) is 11.3 Å². The van der Waals surface area contributed by atoms with Crippen molar-refractivity contribution in [3.8, 4) is 0 Å². The summed E-state index contributed by atoms with van der Waals surface area (Å²) in [6, 6.07) is 12.1. The molecule has 3 aromatic rings. The number of anilines is 2. The third-order valence-electron chi connectivity index (χ3n) is 4.07. The number of amides is 1. The van der Waals surface area contributed by atoms with E-state index >= 15 is 0 Å². The van der Waals surface area contributed by atoms with Crippen molar-refractivity contribution in [2.45, 2.75) is 20.5 Å². The predicted molar refractivity (Wildman–Crippen MR) is 105 cm³/mol. The second-order valence-corrected chi connectivity index (χ2v) is 6.94. The van der Waals surface area contributed by atoms with Crippen LogP contribution in [0.2, 0.25) is 0 Å². The lowest BCUT2D eigenvalue weighted by Gasteiger charge is -2.06. The fraction of sp³-hybridized carbons (Fsp3) is 0.150. The molecule has 0 saturated carbocycles. The number of ether oxygens (including phenoxy) is 1. The molecular formula is C20H19N3O3S. The van der Waals surface area contributed by atoms with Crippen molar-refractivity contribution < 1.29 is 14.3 Å². The molecule has 0 fully saturated rings. The van der Waals surface area contributed by atoms with Crippen molar-refractivity contribution in [2.75, 3.05) is 5.32 Å². The number of primary amides is 1. The topological polar surface area (TPSA) is 94.3 Å². The SMILES string of the molecule is Cc1ccc(Nc2nc(COC(=O)c3ccc(C(N)=O)cc3)cs2)cc1C. The number of thiazole rings is 1. The lowest BCUT2D eigenvalue weighted by atomic mass is 10.1. The van der Waals surface area contributed by atoms with Gasteiger partial charge in [-0.05, 0) is 61.4 Å². The van der Waals surface area contributed by atoms with Gasteiger partial charge < -0.3 is 15.8 Å². The number of nitrogens with two attached hydrogens (primary N) is 1. The molecule has 0 radical (unpaired) electrons. The highest BCUT2D eigenvalue weighted by atomic mass is 32.1. The van der Waals surface area contributed by atoms with Crippen LogP contribution in [0.1, 0.15) is 37.5 Å². The van der Waals surface area contributed by atoms with Crippen molar-refractivity contribution in [2.24, 2.45) is 5.73 Å². The van der Waals surface area contributed by atoms with Gasteiger partial charge in [-0.3, -0.25) is 4.79 Å². The molecule has 0 aliphatic carbocycles. The number of aryl methyl sites for hydroxylation is 2. The van der Waals surface area contributed by atoms with Crippen LogP contribution in [0, 0.1) is 13.8 Å². The number of hydrogen-bond donors (Lipinski definition) is 2. The van der Waals surface area contributed by atoms with E-state index in [1.165, 1.54) is 46.7 Å². The van der Waals surface area contributed by atoms with Gasteiger partial charge in [0.05, 0.1) is 11.3 Å². The Kier molecular flexibility index (Phi) is 5.52. The number of aromatic nitrogens is 1. The van der Waals surface area contributed by atoms with E-state index in [0.717, 1.165) is 10.8 Å². The number of hydrogen-bond acceptors (Lipinski definition) is 6. The first-order valence-corrected chi connectivity index (χ1v) is 9.16. The maximum absolute atomic E-state index is 12.1. The summed E-state index contributed by atoms with van der Waals surface area (Å²) in [6.07, 6.45) is 0. The monoisotopic (exact) mass is 381 g/mol. The molecule has 2 aromatic carbocycles. The van der Waals surface area contributed by atoms with Crippen LogP contribution in [0.25, 0.3) is 0 Å². The minimum atomic E-state index is -0.541. The van der Waals surface area contributed by atoms with Gasteiger partial charge in [0.2, 0.25) is 5.91 Å². The van der Waals surface area contributed by atoms with Gasteiger partial charge in [0.25, 0.3) is 0 Å². The largest absolute Gasteiger partial charge is 0.456 e. The Morgan fingerprint density at radius 3 is 2.44 bits per heavy atom. The molecule has 1 amide bonds. The molecule has 3 rings (SSSR count). The third-order valence-corrected chi connectivity index (χ3v) is 4.87. The second-order valence-electron chi connectivity index (χ2n) is 6.09. The van der Waals surface area contributed by atoms with Gasteiger partial charge in [-0.2, -0.15) is 0 Å². The summed E-state index contributed by atoms with van der Waals surface area (Å²) < 4.78 is 5.27. The van der Waals surface area contributed by atoms with E-state index < -0.39 is 11.9 Å². The number of rotatable bonds is 6. The molecule has 0 saturated heterocycles. The zero-order valence-electron chi connectivity index (χ0n) is 15.0. The molecule has 1 aromatic heterocycles. The van der Waals surface area contributed by atoms with Gasteiger partial charge in [0.15, 0.2) is 5.13 Å². The maximum atomic E-state index is 12.1. The molecule has 6 nitrogen and oxygen atoms in total. The second kappa shape index (κ2) is 8.01. The molecule has 0 bridgehead atoms. The molecule has 0 aliphatic rings. The Morgan fingerprint density at radius 1 is 1.07 bits per heavy atom. The van der Waals surface area contributed by atoms with Crippen LogP contribution >= 0.6 is 11.3 Å². The van der Waals surface area contributed by atoms with Crippen LogP contribution in [0.4, 0.5) is 10.8 Å². The Hall–Kier alpha value is -3.19. The number of nitrogens with one attached hydrogen (secondary N) is 1. The summed E-state index contributed by atoms with van der Waals surface area (Å²) in [7, 11) is 0. The molecular weight excluding hydrogens is 362 g/mol. The molecule has 0 unspecified atom stereocenters. The standard InChI is InChI=1S/C20H19N3O3S/c1-12-3-8-16(9-13(12)2)22-20-23-17(11-27-20)10-26-19(25)15-6-4-14(5-7-15)18(21)24/h3-9,11H,10H2,1-2H3,(H2,21,24)(H,22,23). The van der Waals surface area contributed by atoms with Gasteiger partial charge in [-0.1, -0.05) is 6.07 Å². The summed E-state index contributed by atoms with van der Waals surface area (Å²) in [6.45, 7) is 4.20. The van der Waals surface area contributed by atoms with Crippen LogP contribution in [0.15, 0.2) is 47.8 Å².